The van der Waals surface area contributed by atoms with Crippen LogP contribution >= 0.6 is 0 Å². The summed E-state index contributed by atoms with van der Waals surface area (Å²) < 4.78 is 18.6. The van der Waals surface area contributed by atoms with Gasteiger partial charge in [0.25, 0.3) is 5.91 Å². The number of nitrogens with one attached hydrogen (secondary N) is 1. The average molecular weight is 324 g/mol. The Labute approximate surface area is 132 Å². The van der Waals surface area contributed by atoms with Gasteiger partial charge < -0.3 is 25.2 Å². The number of anilines is 1. The number of aliphatic hydroxyl groups excluding tert-OH is 1. The van der Waals surface area contributed by atoms with E-state index in [-0.39, 0.29) is 42.4 Å². The van der Waals surface area contributed by atoms with Crippen molar-refractivity contribution in [3.63, 3.8) is 0 Å². The maximum Gasteiger partial charge on any atom is 0.337 e. The smallest absolute Gasteiger partial charge is 0.337 e. The van der Waals surface area contributed by atoms with E-state index in [9.17, 15) is 19.1 Å². The molecule has 0 aliphatic carbocycles. The van der Waals surface area contributed by atoms with Crippen molar-refractivity contribution < 1.29 is 28.9 Å². The van der Waals surface area contributed by atoms with E-state index in [1.165, 1.54) is 18.9 Å². The maximum atomic E-state index is 14.0. The number of halogens is 1. The summed E-state index contributed by atoms with van der Waals surface area (Å²) in [7, 11) is 1.17. The van der Waals surface area contributed by atoms with E-state index in [0.29, 0.717) is 5.56 Å². The number of aryl methyl sites for hydroxylation is 1. The van der Waals surface area contributed by atoms with Gasteiger partial charge in [0.15, 0.2) is 0 Å². The normalized spacial score (nSPS) is 14.4. The summed E-state index contributed by atoms with van der Waals surface area (Å²) in [5, 5.41) is 21.2. The Morgan fingerprint density at radius 3 is 2.78 bits per heavy atom. The molecule has 23 heavy (non-hydrogen) atoms. The monoisotopic (exact) mass is 324 g/mol. The van der Waals surface area contributed by atoms with Gasteiger partial charge in [-0.25, -0.2) is 9.18 Å². The third-order valence-electron chi connectivity index (χ3n) is 3.50. The summed E-state index contributed by atoms with van der Waals surface area (Å²) in [6, 6.07) is 2.25. The van der Waals surface area contributed by atoms with Gasteiger partial charge in [0.05, 0.1) is 31.5 Å². The SMILES string of the molecule is COC(=O)C1=C(Nc2cc(O)c(C)cc2F)C(=O)N(CCO)C1. The number of carbonyl (C=O) groups excluding carboxylic acids is 2. The fourth-order valence-corrected chi connectivity index (χ4v) is 2.24. The van der Waals surface area contributed by atoms with E-state index in [0.717, 1.165) is 12.1 Å². The molecule has 1 aliphatic heterocycles. The van der Waals surface area contributed by atoms with Gasteiger partial charge >= 0.3 is 5.97 Å². The number of amides is 1. The first kappa shape index (κ1) is 16.8. The molecule has 1 heterocycles. The number of methoxy groups -OCH3 is 1. The molecule has 1 amide bonds. The summed E-state index contributed by atoms with van der Waals surface area (Å²) in [5.74, 6) is -2.10. The van der Waals surface area contributed by atoms with Crippen molar-refractivity contribution in [2.24, 2.45) is 0 Å². The molecule has 8 heteroatoms. The predicted molar refractivity (Wildman–Crippen MR) is 79.1 cm³/mol. The Morgan fingerprint density at radius 1 is 1.48 bits per heavy atom. The minimum absolute atomic E-state index is 0.0328. The number of β-amino-alcohol motifs (C(OH)–C–C–N with tert-alkyl or cyclic N) is 1. The largest absolute Gasteiger partial charge is 0.508 e. The van der Waals surface area contributed by atoms with Crippen molar-refractivity contribution in [2.75, 3.05) is 32.1 Å². The minimum atomic E-state index is -0.724. The molecule has 0 radical (unpaired) electrons. The van der Waals surface area contributed by atoms with Crippen LogP contribution in [0.4, 0.5) is 10.1 Å². The van der Waals surface area contributed by atoms with Gasteiger partial charge in [-0.2, -0.15) is 0 Å². The van der Waals surface area contributed by atoms with Gasteiger partial charge in [-0.3, -0.25) is 4.79 Å². The number of ether oxygens (including phenoxy) is 1. The van der Waals surface area contributed by atoms with Crippen molar-refractivity contribution in [1.29, 1.82) is 0 Å². The van der Waals surface area contributed by atoms with Gasteiger partial charge in [-0.05, 0) is 18.6 Å². The van der Waals surface area contributed by atoms with Crippen LogP contribution in [0.15, 0.2) is 23.4 Å². The summed E-state index contributed by atoms with van der Waals surface area (Å²) in [5.41, 5.74) is 0.108. The third-order valence-corrected chi connectivity index (χ3v) is 3.50. The Balaban J connectivity index is 2.39. The quantitative estimate of drug-likeness (QED) is 0.683. The summed E-state index contributed by atoms with van der Waals surface area (Å²) in [4.78, 5) is 25.3. The molecule has 0 aromatic heterocycles. The second-order valence-electron chi connectivity index (χ2n) is 5.04. The standard InChI is InChI=1S/C15H17FN2O5/c1-8-5-10(16)11(6-12(8)20)17-13-9(15(22)23-2)7-18(3-4-19)14(13)21/h5-6,17,19-20H,3-4,7H2,1-2H3. The number of aromatic hydroxyl groups is 1. The molecule has 3 N–H and O–H groups in total. The molecular formula is C15H17FN2O5. The van der Waals surface area contributed by atoms with Crippen LogP contribution in [0.25, 0.3) is 0 Å². The van der Waals surface area contributed by atoms with Gasteiger partial charge in [-0.15, -0.1) is 0 Å². The first-order chi connectivity index (χ1) is 10.9. The van der Waals surface area contributed by atoms with Crippen LogP contribution in [0.3, 0.4) is 0 Å². The number of phenols is 1. The molecule has 0 fully saturated rings. The number of aliphatic hydroxyl groups is 1. The highest BCUT2D eigenvalue weighted by Gasteiger charge is 2.34. The van der Waals surface area contributed by atoms with Crippen molar-refractivity contribution in [2.45, 2.75) is 6.92 Å². The molecule has 7 nitrogen and oxygen atoms in total. The zero-order valence-electron chi connectivity index (χ0n) is 12.7. The van der Waals surface area contributed by atoms with Crippen LogP contribution in [0.5, 0.6) is 5.75 Å². The van der Waals surface area contributed by atoms with Crippen LogP contribution in [0.2, 0.25) is 0 Å². The van der Waals surface area contributed by atoms with Crippen molar-refractivity contribution in [3.05, 3.63) is 34.8 Å². The molecule has 0 bridgehead atoms. The Hall–Kier alpha value is -2.61. The first-order valence-corrected chi connectivity index (χ1v) is 6.86. The fourth-order valence-electron chi connectivity index (χ4n) is 2.24. The molecule has 0 saturated carbocycles. The number of nitrogens with zero attached hydrogens (tertiary/aromatic N) is 1. The number of hydrogen-bond acceptors (Lipinski definition) is 6. The van der Waals surface area contributed by atoms with Gasteiger partial charge in [0.2, 0.25) is 0 Å². The highest BCUT2D eigenvalue weighted by atomic mass is 19.1. The Morgan fingerprint density at radius 2 is 2.17 bits per heavy atom. The van der Waals surface area contributed by atoms with Crippen LogP contribution in [0.1, 0.15) is 5.56 Å². The fraction of sp³-hybridized carbons (Fsp3) is 0.333. The predicted octanol–water partition coefficient (Wildman–Crippen LogP) is 0.513. The lowest BCUT2D eigenvalue weighted by Gasteiger charge is -2.15. The summed E-state index contributed by atoms with van der Waals surface area (Å²) in [6.07, 6.45) is 0. The van der Waals surface area contributed by atoms with Crippen LogP contribution < -0.4 is 5.32 Å². The van der Waals surface area contributed by atoms with E-state index >= 15 is 0 Å². The molecule has 1 aromatic rings. The average Bonchev–Trinajstić information content (AvgIpc) is 2.81. The minimum Gasteiger partial charge on any atom is -0.508 e. The Bertz CT molecular complexity index is 687. The van der Waals surface area contributed by atoms with E-state index in [1.807, 2.05) is 0 Å². The molecule has 0 unspecified atom stereocenters. The number of rotatable bonds is 5. The first-order valence-electron chi connectivity index (χ1n) is 6.86. The van der Waals surface area contributed by atoms with Crippen molar-refractivity contribution in [3.8, 4) is 5.75 Å². The molecule has 124 valence electrons. The van der Waals surface area contributed by atoms with Crippen LogP contribution in [-0.4, -0.2) is 53.8 Å². The van der Waals surface area contributed by atoms with E-state index in [2.05, 4.69) is 10.1 Å². The highest BCUT2D eigenvalue weighted by molar-refractivity contribution is 6.08. The maximum absolute atomic E-state index is 14.0. The number of esters is 1. The topological polar surface area (TPSA) is 99.1 Å². The third kappa shape index (κ3) is 3.26. The molecule has 1 aliphatic rings. The molecule has 0 atom stereocenters. The van der Waals surface area contributed by atoms with Gasteiger partial charge in [-0.1, -0.05) is 0 Å². The van der Waals surface area contributed by atoms with Gasteiger partial charge in [0, 0.05) is 12.6 Å². The number of phenolic OH excluding ortho intramolecular Hbond substituents is 1. The van der Waals surface area contributed by atoms with Crippen LogP contribution in [-0.2, 0) is 14.3 Å². The zero-order valence-corrected chi connectivity index (χ0v) is 12.7. The molecule has 0 spiro atoms. The number of carbonyl (C=O) groups is 2. The van der Waals surface area contributed by atoms with Crippen molar-refractivity contribution >= 4 is 17.6 Å². The lowest BCUT2D eigenvalue weighted by molar-refractivity contribution is -0.136. The van der Waals surface area contributed by atoms with Crippen LogP contribution in [0, 0.1) is 12.7 Å². The van der Waals surface area contributed by atoms with E-state index in [1.54, 1.807) is 0 Å². The lowest BCUT2D eigenvalue weighted by atomic mass is 10.1. The van der Waals surface area contributed by atoms with Gasteiger partial charge in [0.1, 0.15) is 17.3 Å². The lowest BCUT2D eigenvalue weighted by Crippen LogP contribution is -2.31. The summed E-state index contributed by atoms with van der Waals surface area (Å²) >= 11 is 0. The van der Waals surface area contributed by atoms with E-state index in [4.69, 9.17) is 5.11 Å². The molecular weight excluding hydrogens is 307 g/mol. The molecule has 1 aromatic carbocycles. The second kappa shape index (κ2) is 6.66. The number of hydrogen-bond donors (Lipinski definition) is 3. The summed E-state index contributed by atoms with van der Waals surface area (Å²) in [6.45, 7) is 1.25. The molecule has 0 saturated heterocycles. The number of benzene rings is 1. The second-order valence-corrected chi connectivity index (χ2v) is 5.04. The molecule has 2 rings (SSSR count). The zero-order chi connectivity index (χ0) is 17.1. The highest BCUT2D eigenvalue weighted by Crippen LogP contribution is 2.28. The Kier molecular flexibility index (Phi) is 4.85. The van der Waals surface area contributed by atoms with E-state index < -0.39 is 17.7 Å². The van der Waals surface area contributed by atoms with Crippen molar-refractivity contribution in [1.82, 2.24) is 4.90 Å².